The van der Waals surface area contributed by atoms with Crippen LogP contribution in [-0.4, -0.2) is 51.8 Å². The lowest BCUT2D eigenvalue weighted by molar-refractivity contribution is -0.140. The van der Waals surface area contributed by atoms with E-state index in [0.29, 0.717) is 24.3 Å². The van der Waals surface area contributed by atoms with Crippen molar-refractivity contribution in [2.24, 2.45) is 0 Å². The summed E-state index contributed by atoms with van der Waals surface area (Å²) in [6, 6.07) is 8.22. The predicted molar refractivity (Wildman–Crippen MR) is 89.4 cm³/mol. The number of benzene rings is 1. The van der Waals surface area contributed by atoms with Crippen molar-refractivity contribution in [1.82, 2.24) is 0 Å². The lowest BCUT2D eigenvalue weighted by Crippen LogP contribution is -2.19. The van der Waals surface area contributed by atoms with Gasteiger partial charge in [0.1, 0.15) is 11.5 Å². The maximum Gasteiger partial charge on any atom is 0.310 e. The number of carbonyl (C=O) groups is 2. The van der Waals surface area contributed by atoms with Gasteiger partial charge < -0.3 is 14.4 Å². The number of ether oxygens (including phenoxy) is 2. The average molecular weight is 326 g/mol. The minimum Gasteiger partial charge on any atom is -0.469 e. The second-order valence-electron chi connectivity index (χ2n) is 4.94. The summed E-state index contributed by atoms with van der Waals surface area (Å²) in [5.41, 5.74) is 1.12. The molecule has 0 N–H and O–H groups in total. The van der Waals surface area contributed by atoms with E-state index in [0.717, 1.165) is 10.6 Å². The van der Waals surface area contributed by atoms with Crippen LogP contribution in [0.3, 0.4) is 0 Å². The van der Waals surface area contributed by atoms with Crippen molar-refractivity contribution in [2.75, 3.05) is 44.7 Å². The summed E-state index contributed by atoms with van der Waals surface area (Å²) in [6.45, 7) is 0. The van der Waals surface area contributed by atoms with Gasteiger partial charge in [0, 0.05) is 30.7 Å². The molecular weight excluding hydrogens is 302 g/mol. The summed E-state index contributed by atoms with van der Waals surface area (Å²) in [4.78, 5) is 25.9. The molecule has 1 rings (SSSR count). The van der Waals surface area contributed by atoms with Crippen molar-refractivity contribution in [3.05, 3.63) is 24.3 Å². The molecule has 0 atom stereocenters. The van der Waals surface area contributed by atoms with E-state index in [2.05, 4.69) is 12.1 Å². The highest BCUT2D eigenvalue weighted by Gasteiger charge is 2.24. The van der Waals surface area contributed by atoms with Crippen molar-refractivity contribution >= 4 is 28.5 Å². The van der Waals surface area contributed by atoms with E-state index in [1.165, 1.54) is 14.2 Å². The molecule has 0 radical (unpaired) electrons. The molecule has 0 bridgehead atoms. The highest BCUT2D eigenvalue weighted by Crippen LogP contribution is 2.20. The largest absolute Gasteiger partial charge is 0.469 e. The van der Waals surface area contributed by atoms with Gasteiger partial charge in [-0.25, -0.2) is 0 Å². The minimum atomic E-state index is -0.222. The monoisotopic (exact) mass is 326 g/mol. The van der Waals surface area contributed by atoms with Gasteiger partial charge in [0.2, 0.25) is 0 Å². The van der Waals surface area contributed by atoms with E-state index in [4.69, 9.17) is 9.47 Å². The molecule has 0 amide bonds. The van der Waals surface area contributed by atoms with E-state index in [-0.39, 0.29) is 22.8 Å². The van der Waals surface area contributed by atoms with Crippen LogP contribution < -0.4 is 4.90 Å². The Morgan fingerprint density at radius 3 is 1.77 bits per heavy atom. The molecular formula is C16H24NO4S+. The van der Waals surface area contributed by atoms with Crippen LogP contribution in [0.25, 0.3) is 0 Å². The molecule has 0 aliphatic carbocycles. The normalized spacial score (nSPS) is 10.4. The molecule has 0 aliphatic heterocycles. The number of methoxy groups -OCH3 is 2. The average Bonchev–Trinajstić information content (AvgIpc) is 2.54. The van der Waals surface area contributed by atoms with Crippen LogP contribution in [0.4, 0.5) is 5.69 Å². The van der Waals surface area contributed by atoms with Crippen molar-refractivity contribution in [2.45, 2.75) is 17.7 Å². The summed E-state index contributed by atoms with van der Waals surface area (Å²) >= 11 is 0. The standard InChI is InChI=1S/C16H24NO4S/c1-17(2)13-5-7-14(8-6-13)22(11-9-15(18)20-3)12-10-16(19)21-4/h5-8H,9-12H2,1-4H3/q+1. The Bertz CT molecular complexity index is 467. The van der Waals surface area contributed by atoms with Crippen molar-refractivity contribution < 1.29 is 19.1 Å². The third kappa shape index (κ3) is 5.97. The first kappa shape index (κ1) is 18.4. The Morgan fingerprint density at radius 1 is 0.955 bits per heavy atom. The summed E-state index contributed by atoms with van der Waals surface area (Å²) in [6.07, 6.45) is 0.715. The fourth-order valence-electron chi connectivity index (χ4n) is 1.89. The second-order valence-corrected chi connectivity index (χ2v) is 7.22. The minimum absolute atomic E-state index is 0.174. The third-order valence-electron chi connectivity index (χ3n) is 3.25. The lowest BCUT2D eigenvalue weighted by atomic mass is 10.3. The molecule has 6 heteroatoms. The highest BCUT2D eigenvalue weighted by atomic mass is 32.2. The van der Waals surface area contributed by atoms with Crippen LogP contribution in [0, 0.1) is 0 Å². The zero-order valence-electron chi connectivity index (χ0n) is 13.6. The van der Waals surface area contributed by atoms with E-state index < -0.39 is 0 Å². The van der Waals surface area contributed by atoms with Gasteiger partial charge in [-0.05, 0) is 24.3 Å². The number of esters is 2. The van der Waals surface area contributed by atoms with Gasteiger partial charge in [-0.15, -0.1) is 0 Å². The topological polar surface area (TPSA) is 55.8 Å². The van der Waals surface area contributed by atoms with Gasteiger partial charge in [-0.3, -0.25) is 9.59 Å². The fourth-order valence-corrected chi connectivity index (χ4v) is 3.91. The second kappa shape index (κ2) is 9.35. The van der Waals surface area contributed by atoms with Crippen LogP contribution in [-0.2, 0) is 30.0 Å². The zero-order chi connectivity index (χ0) is 16.5. The van der Waals surface area contributed by atoms with E-state index in [1.807, 2.05) is 31.1 Å². The van der Waals surface area contributed by atoms with Gasteiger partial charge in [0.05, 0.1) is 27.1 Å². The number of hydrogen-bond donors (Lipinski definition) is 0. The van der Waals surface area contributed by atoms with E-state index in [9.17, 15) is 9.59 Å². The third-order valence-corrected chi connectivity index (χ3v) is 5.58. The first-order chi connectivity index (χ1) is 10.5. The lowest BCUT2D eigenvalue weighted by Gasteiger charge is -2.13. The molecule has 0 aromatic heterocycles. The fraction of sp³-hybridized carbons (Fsp3) is 0.500. The summed E-state index contributed by atoms with van der Waals surface area (Å²) < 4.78 is 9.40. The molecule has 1 aromatic carbocycles. The highest BCUT2D eigenvalue weighted by molar-refractivity contribution is 7.96. The Balaban J connectivity index is 2.78. The van der Waals surface area contributed by atoms with Crippen LogP contribution in [0.1, 0.15) is 12.8 Å². The summed E-state index contributed by atoms with van der Waals surface area (Å²) in [5.74, 6) is 0.927. The predicted octanol–water partition coefficient (Wildman–Crippen LogP) is 1.86. The maximum atomic E-state index is 11.4. The van der Waals surface area contributed by atoms with Gasteiger partial charge in [0.15, 0.2) is 4.90 Å². The van der Waals surface area contributed by atoms with Gasteiger partial charge in [-0.1, -0.05) is 0 Å². The first-order valence-electron chi connectivity index (χ1n) is 7.06. The Kier molecular flexibility index (Phi) is 7.80. The van der Waals surface area contributed by atoms with Crippen LogP contribution in [0.15, 0.2) is 29.2 Å². The molecule has 0 saturated heterocycles. The first-order valence-corrected chi connectivity index (χ1v) is 8.62. The van der Waals surface area contributed by atoms with Crippen molar-refractivity contribution in [1.29, 1.82) is 0 Å². The summed E-state index contributed by atoms with van der Waals surface area (Å²) in [5, 5.41) is 0. The molecule has 1 aromatic rings. The summed E-state index contributed by atoms with van der Waals surface area (Å²) in [7, 11) is 6.58. The Labute approximate surface area is 134 Å². The Morgan fingerprint density at radius 2 is 1.41 bits per heavy atom. The number of hydrogen-bond acceptors (Lipinski definition) is 5. The van der Waals surface area contributed by atoms with Gasteiger partial charge >= 0.3 is 11.9 Å². The smallest absolute Gasteiger partial charge is 0.310 e. The molecule has 0 unspecified atom stereocenters. The number of rotatable bonds is 8. The van der Waals surface area contributed by atoms with Crippen molar-refractivity contribution in [3.8, 4) is 0 Å². The molecule has 5 nitrogen and oxygen atoms in total. The molecule has 0 aliphatic rings. The SMILES string of the molecule is COC(=O)CC[S+](CCC(=O)OC)c1ccc(N(C)C)cc1. The number of nitrogens with zero attached hydrogens (tertiary/aromatic N) is 1. The molecule has 0 saturated carbocycles. The molecule has 22 heavy (non-hydrogen) atoms. The van der Waals surface area contributed by atoms with E-state index >= 15 is 0 Å². The van der Waals surface area contributed by atoms with Gasteiger partial charge in [0.25, 0.3) is 0 Å². The van der Waals surface area contributed by atoms with Gasteiger partial charge in [-0.2, -0.15) is 0 Å². The number of carbonyl (C=O) groups excluding carboxylic acids is 2. The molecule has 122 valence electrons. The van der Waals surface area contributed by atoms with Crippen LogP contribution in [0.2, 0.25) is 0 Å². The zero-order valence-corrected chi connectivity index (χ0v) is 14.4. The maximum absolute atomic E-state index is 11.4. The van der Waals surface area contributed by atoms with Crippen molar-refractivity contribution in [3.63, 3.8) is 0 Å². The molecule has 0 heterocycles. The Hall–Kier alpha value is -1.69. The van der Waals surface area contributed by atoms with Crippen LogP contribution in [0.5, 0.6) is 0 Å². The molecule has 0 spiro atoms. The quantitative estimate of drug-likeness (QED) is 0.539. The van der Waals surface area contributed by atoms with Crippen LogP contribution >= 0.6 is 0 Å². The number of anilines is 1. The van der Waals surface area contributed by atoms with E-state index in [1.54, 1.807) is 0 Å². The molecule has 0 fully saturated rings.